The van der Waals surface area contributed by atoms with Gasteiger partial charge in [-0.05, 0) is 64.3 Å². The van der Waals surface area contributed by atoms with E-state index in [-0.39, 0.29) is 31.7 Å². The number of esters is 1. The second-order valence-electron chi connectivity index (χ2n) is 11.6. The van der Waals surface area contributed by atoms with Crippen molar-refractivity contribution in [3.8, 4) is 5.75 Å². The minimum atomic E-state index is -1.34. The van der Waals surface area contributed by atoms with Crippen molar-refractivity contribution in [3.05, 3.63) is 60.4 Å². The lowest BCUT2D eigenvalue weighted by molar-refractivity contribution is -0.176. The molecule has 0 spiro atoms. The lowest BCUT2D eigenvalue weighted by Crippen LogP contribution is -2.64. The Labute approximate surface area is 255 Å². The summed E-state index contributed by atoms with van der Waals surface area (Å²) in [4.78, 5) is 83.3. The summed E-state index contributed by atoms with van der Waals surface area (Å²) >= 11 is 0. The predicted octanol–water partition coefficient (Wildman–Crippen LogP) is 1.57. The van der Waals surface area contributed by atoms with Crippen LogP contribution in [-0.2, 0) is 28.7 Å². The second kappa shape index (κ2) is 14.1. The molecular formula is C31H37N5O8. The number of carbonyl (C=O) groups is 6. The number of fused-ring (bicyclic) bond motifs is 1. The number of hydrogen-bond donors (Lipinski definition) is 2. The number of amides is 4. The van der Waals surface area contributed by atoms with Crippen molar-refractivity contribution in [2.45, 2.75) is 76.6 Å². The van der Waals surface area contributed by atoms with Crippen LogP contribution >= 0.6 is 0 Å². The number of ether oxygens (including phenoxy) is 2. The Morgan fingerprint density at radius 2 is 1.80 bits per heavy atom. The van der Waals surface area contributed by atoms with Crippen molar-refractivity contribution in [2.24, 2.45) is 0 Å². The fraction of sp³-hybridized carbons (Fsp3) is 0.452. The molecule has 3 atom stereocenters. The van der Waals surface area contributed by atoms with Crippen molar-refractivity contribution in [1.82, 2.24) is 25.6 Å². The SMILES string of the molecule is CC(C)(C)OC(=O)C[C@H](NC(=O)[C@@H]1CCCN2C(=O)CC[C@H](NC(=O)c3ccccc3)C(=O)N12)C(=O)COc1cccnc1. The fourth-order valence-corrected chi connectivity index (χ4v) is 4.99. The van der Waals surface area contributed by atoms with Crippen molar-refractivity contribution < 1.29 is 38.2 Å². The van der Waals surface area contributed by atoms with E-state index < -0.39 is 66.2 Å². The number of nitrogens with zero attached hydrogens (tertiary/aromatic N) is 3. The number of benzene rings is 1. The first-order valence-corrected chi connectivity index (χ1v) is 14.5. The number of aromatic nitrogens is 1. The molecule has 4 amide bonds. The zero-order valence-electron chi connectivity index (χ0n) is 25.0. The maximum Gasteiger partial charge on any atom is 0.308 e. The third kappa shape index (κ3) is 8.39. The van der Waals surface area contributed by atoms with Crippen LogP contribution in [-0.4, -0.2) is 87.3 Å². The topological polar surface area (TPSA) is 164 Å². The molecule has 3 heterocycles. The van der Waals surface area contributed by atoms with Gasteiger partial charge in [-0.2, -0.15) is 0 Å². The number of hydrazine groups is 1. The Hall–Kier alpha value is -4.81. The highest BCUT2D eigenvalue weighted by Crippen LogP contribution is 2.25. The van der Waals surface area contributed by atoms with Crippen LogP contribution in [0.2, 0.25) is 0 Å². The third-order valence-electron chi connectivity index (χ3n) is 7.02. The first kappa shape index (κ1) is 32.1. The van der Waals surface area contributed by atoms with Crippen molar-refractivity contribution >= 4 is 35.4 Å². The Morgan fingerprint density at radius 3 is 2.48 bits per heavy atom. The van der Waals surface area contributed by atoms with E-state index >= 15 is 0 Å². The van der Waals surface area contributed by atoms with Gasteiger partial charge in [0.05, 0.1) is 12.6 Å². The predicted molar refractivity (Wildman–Crippen MR) is 156 cm³/mol. The molecule has 2 aromatic rings. The van der Waals surface area contributed by atoms with Gasteiger partial charge in [0, 0.05) is 24.7 Å². The first-order chi connectivity index (χ1) is 20.9. The van der Waals surface area contributed by atoms with Crippen LogP contribution in [0, 0.1) is 0 Å². The molecule has 0 saturated carbocycles. The van der Waals surface area contributed by atoms with Crippen LogP contribution in [0.5, 0.6) is 5.75 Å². The monoisotopic (exact) mass is 607 g/mol. The fourth-order valence-electron chi connectivity index (χ4n) is 4.99. The molecule has 1 aromatic heterocycles. The number of Topliss-reactive ketones (excluding diaryl/α,β-unsaturated/α-hetero) is 1. The molecule has 2 aliphatic heterocycles. The minimum Gasteiger partial charge on any atom is -0.484 e. The first-order valence-electron chi connectivity index (χ1n) is 14.5. The molecule has 13 nitrogen and oxygen atoms in total. The average molecular weight is 608 g/mol. The zero-order chi connectivity index (χ0) is 31.9. The number of nitrogens with one attached hydrogen (secondary N) is 2. The van der Waals surface area contributed by atoms with Crippen LogP contribution in [0.1, 0.15) is 63.2 Å². The molecule has 234 valence electrons. The van der Waals surface area contributed by atoms with Crippen LogP contribution in [0.15, 0.2) is 54.9 Å². The number of hydrogen-bond acceptors (Lipinski definition) is 9. The van der Waals surface area contributed by atoms with Gasteiger partial charge in [0.25, 0.3) is 11.8 Å². The summed E-state index contributed by atoms with van der Waals surface area (Å²) in [6, 6.07) is 8.02. The number of carbonyl (C=O) groups excluding carboxylic acids is 6. The molecule has 0 unspecified atom stereocenters. The quantitative estimate of drug-likeness (QED) is 0.382. The molecular weight excluding hydrogens is 570 g/mol. The largest absolute Gasteiger partial charge is 0.484 e. The molecule has 4 rings (SSSR count). The third-order valence-corrected chi connectivity index (χ3v) is 7.02. The summed E-state index contributed by atoms with van der Waals surface area (Å²) < 4.78 is 10.9. The Morgan fingerprint density at radius 1 is 1.05 bits per heavy atom. The van der Waals surface area contributed by atoms with Gasteiger partial charge in [-0.15, -0.1) is 0 Å². The molecule has 0 bridgehead atoms. The van der Waals surface area contributed by atoms with Crippen molar-refractivity contribution in [3.63, 3.8) is 0 Å². The van der Waals surface area contributed by atoms with Crippen LogP contribution in [0.4, 0.5) is 0 Å². The molecule has 1 aromatic carbocycles. The van der Waals surface area contributed by atoms with E-state index in [1.807, 2.05) is 0 Å². The van der Waals surface area contributed by atoms with Gasteiger partial charge in [-0.25, -0.2) is 5.01 Å². The summed E-state index contributed by atoms with van der Waals surface area (Å²) in [6.07, 6.45) is 3.15. The molecule has 13 heteroatoms. The van der Waals surface area contributed by atoms with E-state index in [2.05, 4.69) is 15.6 Å². The Kier molecular flexibility index (Phi) is 10.3. The zero-order valence-corrected chi connectivity index (χ0v) is 25.0. The molecule has 0 radical (unpaired) electrons. The van der Waals surface area contributed by atoms with Gasteiger partial charge < -0.3 is 20.1 Å². The van der Waals surface area contributed by atoms with E-state index in [0.29, 0.717) is 17.7 Å². The van der Waals surface area contributed by atoms with Gasteiger partial charge in [0.15, 0.2) is 5.78 Å². The molecule has 2 aliphatic rings. The minimum absolute atomic E-state index is 0.0122. The van der Waals surface area contributed by atoms with Gasteiger partial charge >= 0.3 is 5.97 Å². The number of pyridine rings is 1. The second-order valence-corrected chi connectivity index (χ2v) is 11.6. The summed E-state index contributed by atoms with van der Waals surface area (Å²) in [7, 11) is 0. The molecule has 2 saturated heterocycles. The number of rotatable bonds is 10. The van der Waals surface area contributed by atoms with E-state index in [0.717, 1.165) is 5.01 Å². The van der Waals surface area contributed by atoms with Gasteiger partial charge in [-0.3, -0.25) is 38.8 Å². The van der Waals surface area contributed by atoms with Gasteiger partial charge in [0.2, 0.25) is 11.8 Å². The average Bonchev–Trinajstić information content (AvgIpc) is 3.11. The summed E-state index contributed by atoms with van der Waals surface area (Å²) in [6.45, 7) is 4.78. The van der Waals surface area contributed by atoms with Gasteiger partial charge in [0.1, 0.15) is 36.1 Å². The summed E-state index contributed by atoms with van der Waals surface area (Å²) in [5, 5.41) is 7.63. The lowest BCUT2D eigenvalue weighted by atomic mass is 10.0. The van der Waals surface area contributed by atoms with E-state index in [1.54, 1.807) is 69.4 Å². The maximum absolute atomic E-state index is 13.8. The molecule has 2 N–H and O–H groups in total. The molecule has 2 fully saturated rings. The molecule has 0 aliphatic carbocycles. The maximum atomic E-state index is 13.8. The normalized spacial score (nSPS) is 19.2. The summed E-state index contributed by atoms with van der Waals surface area (Å²) in [5.74, 6) is -3.19. The Balaban J connectivity index is 1.53. The lowest BCUT2D eigenvalue weighted by Gasteiger charge is -2.43. The Bertz CT molecular complexity index is 1380. The van der Waals surface area contributed by atoms with Crippen LogP contribution in [0.25, 0.3) is 0 Å². The van der Waals surface area contributed by atoms with Gasteiger partial charge in [-0.1, -0.05) is 18.2 Å². The highest BCUT2D eigenvalue weighted by molar-refractivity contribution is 6.00. The van der Waals surface area contributed by atoms with Crippen molar-refractivity contribution in [1.29, 1.82) is 0 Å². The molecule has 44 heavy (non-hydrogen) atoms. The highest BCUT2D eigenvalue weighted by Gasteiger charge is 2.45. The van der Waals surface area contributed by atoms with E-state index in [4.69, 9.17) is 9.47 Å². The van der Waals surface area contributed by atoms with E-state index in [9.17, 15) is 28.8 Å². The summed E-state index contributed by atoms with van der Waals surface area (Å²) in [5.41, 5.74) is -0.485. The van der Waals surface area contributed by atoms with E-state index in [1.165, 1.54) is 11.2 Å². The van der Waals surface area contributed by atoms with Crippen molar-refractivity contribution in [2.75, 3.05) is 13.2 Å². The smallest absolute Gasteiger partial charge is 0.308 e. The van der Waals surface area contributed by atoms with Crippen LogP contribution in [0.3, 0.4) is 0 Å². The highest BCUT2D eigenvalue weighted by atomic mass is 16.6. The van der Waals surface area contributed by atoms with Crippen LogP contribution < -0.4 is 15.4 Å². The standard InChI is InChI=1S/C31H37N5O8/c1-31(2,3)44-27(39)17-23(25(37)19-43-21-11-7-15-32-18-21)34-29(41)24-12-8-16-35-26(38)14-13-22(30(42)36(24)35)33-28(40)20-9-5-4-6-10-20/h4-7,9-11,15,18,22-24H,8,12-14,16-17,19H2,1-3H3,(H,33,40)(H,34,41)/t22-,23-,24-/m0/s1. The number of ketones is 1.